The van der Waals surface area contributed by atoms with Crippen molar-refractivity contribution in [1.82, 2.24) is 10.9 Å². The van der Waals surface area contributed by atoms with Crippen LogP contribution in [0.1, 0.15) is 11.1 Å². The highest BCUT2D eigenvalue weighted by Gasteiger charge is 2.08. The Morgan fingerprint density at radius 2 is 1.76 bits per heavy atom. The van der Waals surface area contributed by atoms with Crippen LogP contribution in [0.2, 0.25) is 0 Å². The van der Waals surface area contributed by atoms with Crippen LogP contribution in [-0.4, -0.2) is 24.2 Å². The summed E-state index contributed by atoms with van der Waals surface area (Å²) in [5.41, 5.74) is 6.09. The maximum atomic E-state index is 11.7. The maximum absolute atomic E-state index is 11.7. The van der Waals surface area contributed by atoms with E-state index < -0.39 is 5.91 Å². The number of thioether (sulfide) groups is 1. The highest BCUT2D eigenvalue weighted by molar-refractivity contribution is 8.00. The highest BCUT2D eigenvalue weighted by atomic mass is 32.2. The molecule has 0 aliphatic rings. The molecule has 2 aromatic rings. The first kappa shape index (κ1) is 18.4. The van der Waals surface area contributed by atoms with Crippen molar-refractivity contribution in [2.75, 3.05) is 12.4 Å². The van der Waals surface area contributed by atoms with E-state index in [0.29, 0.717) is 11.3 Å². The van der Waals surface area contributed by atoms with Crippen molar-refractivity contribution in [2.24, 2.45) is 0 Å². The van der Waals surface area contributed by atoms with E-state index in [2.05, 4.69) is 10.9 Å². The molecular weight excluding hydrogens is 338 g/mol. The Kier molecular flexibility index (Phi) is 6.87. The van der Waals surface area contributed by atoms with Gasteiger partial charge in [0.25, 0.3) is 5.91 Å². The summed E-state index contributed by atoms with van der Waals surface area (Å²) in [5.74, 6) is -0.333. The number of hydrazine groups is 1. The van der Waals surface area contributed by atoms with E-state index in [1.807, 2.05) is 37.3 Å². The van der Waals surface area contributed by atoms with Gasteiger partial charge in [0, 0.05) is 4.90 Å². The van der Waals surface area contributed by atoms with Crippen molar-refractivity contribution >= 4 is 23.6 Å². The van der Waals surface area contributed by atoms with Crippen LogP contribution in [0.15, 0.2) is 53.4 Å². The van der Waals surface area contributed by atoms with Gasteiger partial charge in [0.1, 0.15) is 11.8 Å². The van der Waals surface area contributed by atoms with Gasteiger partial charge in [-0.25, -0.2) is 0 Å². The fraction of sp³-hybridized carbons (Fsp3) is 0.167. The first-order chi connectivity index (χ1) is 12.1. The van der Waals surface area contributed by atoms with Crippen LogP contribution in [0.25, 0.3) is 0 Å². The quantitative estimate of drug-likeness (QED) is 0.612. The third-order valence-corrected chi connectivity index (χ3v) is 4.11. The van der Waals surface area contributed by atoms with Gasteiger partial charge in [-0.1, -0.05) is 29.8 Å². The maximum Gasteiger partial charge on any atom is 0.276 e. The van der Waals surface area contributed by atoms with Crippen LogP contribution in [0.4, 0.5) is 0 Å². The molecule has 2 aromatic carbocycles. The topological polar surface area (TPSA) is 91.2 Å². The summed E-state index contributed by atoms with van der Waals surface area (Å²) < 4.78 is 5.27. The second kappa shape index (κ2) is 9.35. The number of carbonyl (C=O) groups excluding carboxylic acids is 2. The van der Waals surface area contributed by atoms with Gasteiger partial charge < -0.3 is 4.74 Å². The molecule has 0 heterocycles. The lowest BCUT2D eigenvalue weighted by Crippen LogP contribution is -2.44. The number of aryl methyl sites for hydroxylation is 1. The Bertz CT molecular complexity index is 785. The van der Waals surface area contributed by atoms with E-state index in [0.717, 1.165) is 10.5 Å². The number of nitriles is 1. The molecular formula is C18H17N3O3S. The van der Waals surface area contributed by atoms with Crippen molar-refractivity contribution in [1.29, 1.82) is 5.26 Å². The van der Waals surface area contributed by atoms with Crippen LogP contribution >= 0.6 is 11.8 Å². The van der Waals surface area contributed by atoms with E-state index in [1.165, 1.54) is 11.8 Å². The number of rotatable bonds is 6. The van der Waals surface area contributed by atoms with Crippen molar-refractivity contribution in [3.8, 4) is 11.8 Å². The summed E-state index contributed by atoms with van der Waals surface area (Å²) in [5, 5.41) is 8.94. The molecule has 0 unspecified atom stereocenters. The Morgan fingerprint density at radius 3 is 2.48 bits per heavy atom. The van der Waals surface area contributed by atoms with Crippen LogP contribution < -0.4 is 15.6 Å². The fourth-order valence-electron chi connectivity index (χ4n) is 1.82. The molecule has 2 amide bonds. The second-order valence-corrected chi connectivity index (χ2v) is 6.14. The zero-order chi connectivity index (χ0) is 18.1. The number of para-hydroxylation sites is 1. The molecule has 6 nitrogen and oxygen atoms in total. The lowest BCUT2D eigenvalue weighted by molar-refractivity contribution is -0.128. The van der Waals surface area contributed by atoms with Gasteiger partial charge in [-0.05, 0) is 31.2 Å². The van der Waals surface area contributed by atoms with Crippen LogP contribution in [-0.2, 0) is 9.59 Å². The molecule has 0 bridgehead atoms. The third kappa shape index (κ3) is 6.20. The minimum atomic E-state index is -0.513. The standard InChI is InChI=1S/C18H17N3O3S/c1-13-6-8-15(9-7-13)25-12-18(23)21-20-17(22)11-24-16-5-3-2-4-14(16)10-19/h2-9H,11-12H2,1H3,(H,20,22)(H,21,23). The molecule has 2 rings (SSSR count). The molecule has 0 spiro atoms. The SMILES string of the molecule is Cc1ccc(SCC(=O)NNC(=O)COc2ccccc2C#N)cc1. The number of ether oxygens (including phenoxy) is 1. The monoisotopic (exact) mass is 355 g/mol. The summed E-state index contributed by atoms with van der Waals surface area (Å²) in [6.07, 6.45) is 0. The van der Waals surface area contributed by atoms with Gasteiger partial charge in [-0.15, -0.1) is 11.8 Å². The van der Waals surface area contributed by atoms with Gasteiger partial charge in [-0.3, -0.25) is 20.4 Å². The van der Waals surface area contributed by atoms with Gasteiger partial charge in [0.05, 0.1) is 11.3 Å². The average molecular weight is 355 g/mol. The molecule has 0 atom stereocenters. The van der Waals surface area contributed by atoms with Gasteiger partial charge in [0.2, 0.25) is 5.91 Å². The summed E-state index contributed by atoms with van der Waals surface area (Å²) in [4.78, 5) is 24.4. The molecule has 25 heavy (non-hydrogen) atoms. The van der Waals surface area contributed by atoms with Crippen LogP contribution in [0.5, 0.6) is 5.75 Å². The van der Waals surface area contributed by atoms with Crippen LogP contribution in [0, 0.1) is 18.3 Å². The summed E-state index contributed by atoms with van der Waals surface area (Å²) in [6.45, 7) is 1.69. The highest BCUT2D eigenvalue weighted by Crippen LogP contribution is 2.18. The average Bonchev–Trinajstić information content (AvgIpc) is 2.64. The largest absolute Gasteiger partial charge is 0.482 e. The molecule has 0 aliphatic carbocycles. The number of nitrogens with one attached hydrogen (secondary N) is 2. The lowest BCUT2D eigenvalue weighted by atomic mass is 10.2. The third-order valence-electron chi connectivity index (χ3n) is 3.10. The number of amides is 2. The van der Waals surface area contributed by atoms with E-state index >= 15 is 0 Å². The van der Waals surface area contributed by atoms with E-state index in [-0.39, 0.29) is 18.3 Å². The predicted molar refractivity (Wildman–Crippen MR) is 94.8 cm³/mol. The smallest absolute Gasteiger partial charge is 0.276 e. The molecule has 0 fully saturated rings. The van der Waals surface area contributed by atoms with Crippen molar-refractivity contribution in [3.63, 3.8) is 0 Å². The fourth-order valence-corrected chi connectivity index (χ4v) is 2.52. The van der Waals surface area contributed by atoms with E-state index in [1.54, 1.807) is 24.3 Å². The van der Waals surface area contributed by atoms with E-state index in [4.69, 9.17) is 10.00 Å². The Labute approximate surface area is 150 Å². The first-order valence-electron chi connectivity index (χ1n) is 7.47. The van der Waals surface area contributed by atoms with Gasteiger partial charge in [-0.2, -0.15) is 5.26 Å². The zero-order valence-corrected chi connectivity index (χ0v) is 14.4. The minimum Gasteiger partial charge on any atom is -0.482 e. The van der Waals surface area contributed by atoms with Crippen LogP contribution in [0.3, 0.4) is 0 Å². The number of benzene rings is 2. The summed E-state index contributed by atoms with van der Waals surface area (Å²) in [7, 11) is 0. The summed E-state index contributed by atoms with van der Waals surface area (Å²) >= 11 is 1.37. The van der Waals surface area contributed by atoms with Crippen molar-refractivity contribution in [2.45, 2.75) is 11.8 Å². The molecule has 7 heteroatoms. The predicted octanol–water partition coefficient (Wildman–Crippen LogP) is 2.19. The summed E-state index contributed by atoms with van der Waals surface area (Å²) in [6, 6.07) is 16.4. The Hall–Kier alpha value is -2.98. The van der Waals surface area contributed by atoms with Gasteiger partial charge in [0.15, 0.2) is 6.61 Å². The van der Waals surface area contributed by atoms with Gasteiger partial charge >= 0.3 is 0 Å². The molecule has 0 aliphatic heterocycles. The number of hydrogen-bond donors (Lipinski definition) is 2. The normalized spacial score (nSPS) is 9.76. The molecule has 0 radical (unpaired) electrons. The first-order valence-corrected chi connectivity index (χ1v) is 8.46. The second-order valence-electron chi connectivity index (χ2n) is 5.09. The number of carbonyl (C=O) groups is 2. The molecule has 128 valence electrons. The Morgan fingerprint density at radius 1 is 1.08 bits per heavy atom. The molecule has 2 N–H and O–H groups in total. The van der Waals surface area contributed by atoms with E-state index in [9.17, 15) is 9.59 Å². The van der Waals surface area contributed by atoms with Crippen molar-refractivity contribution < 1.29 is 14.3 Å². The molecule has 0 saturated heterocycles. The minimum absolute atomic E-state index is 0.182. The number of hydrogen-bond acceptors (Lipinski definition) is 5. The van der Waals surface area contributed by atoms with Crippen molar-refractivity contribution in [3.05, 3.63) is 59.7 Å². The lowest BCUT2D eigenvalue weighted by Gasteiger charge is -2.09. The molecule has 0 aromatic heterocycles. The Balaban J connectivity index is 1.69. The molecule has 0 saturated carbocycles. The number of nitrogens with zero attached hydrogens (tertiary/aromatic N) is 1. The zero-order valence-electron chi connectivity index (χ0n) is 13.6.